The third-order valence-corrected chi connectivity index (χ3v) is 19.6. The Hall–Kier alpha value is -7.98. The predicted molar refractivity (Wildman–Crippen MR) is 274 cm³/mol. The van der Waals surface area contributed by atoms with Crippen LogP contribution in [0, 0.1) is 0 Å². The van der Waals surface area contributed by atoms with Crippen LogP contribution in [0.3, 0.4) is 0 Å². The summed E-state index contributed by atoms with van der Waals surface area (Å²) in [4.78, 5) is 0. The van der Waals surface area contributed by atoms with Crippen molar-refractivity contribution < 1.29 is 0 Å². The van der Waals surface area contributed by atoms with Gasteiger partial charge in [0.05, 0.1) is 22.1 Å². The summed E-state index contributed by atoms with van der Waals surface area (Å²) in [6.45, 7) is 0. The molecule has 0 N–H and O–H groups in total. The summed E-state index contributed by atoms with van der Waals surface area (Å²) in [5, 5.41) is 10.6. The van der Waals surface area contributed by atoms with E-state index in [4.69, 9.17) is 0 Å². The molecule has 0 unspecified atom stereocenters. The average molecular weight is 843 g/mol. The van der Waals surface area contributed by atoms with E-state index in [1.807, 2.05) is 0 Å². The number of aromatic nitrogens is 2. The van der Waals surface area contributed by atoms with Gasteiger partial charge in [-0.2, -0.15) is 0 Å². The van der Waals surface area contributed by atoms with Crippen LogP contribution in [0.15, 0.2) is 243 Å². The van der Waals surface area contributed by atoms with Crippen LogP contribution in [0.2, 0.25) is 0 Å². The molecule has 3 heteroatoms. The number of nitrogens with zero attached hydrogens (tertiary/aromatic N) is 2. The molecule has 0 saturated carbocycles. The fourth-order valence-corrected chi connectivity index (χ4v) is 17.1. The van der Waals surface area contributed by atoms with Gasteiger partial charge in [-0.05, 0) is 103 Å². The zero-order chi connectivity index (χ0) is 42.6. The minimum atomic E-state index is -2.79. The molecular formula is C62H42N2Si. The van der Waals surface area contributed by atoms with Gasteiger partial charge >= 0.3 is 0 Å². The Labute approximate surface area is 378 Å². The monoisotopic (exact) mass is 842 g/mol. The Balaban J connectivity index is 1.03. The number of hydrogen-bond acceptors (Lipinski definition) is 0. The van der Waals surface area contributed by atoms with Gasteiger partial charge in [0.1, 0.15) is 0 Å². The molecular weight excluding hydrogens is 801 g/mol. The van der Waals surface area contributed by atoms with Crippen molar-refractivity contribution in [2.45, 2.75) is 11.8 Å². The van der Waals surface area contributed by atoms with E-state index in [9.17, 15) is 0 Å². The van der Waals surface area contributed by atoms with Crippen LogP contribution >= 0.6 is 0 Å². The minimum Gasteiger partial charge on any atom is -0.309 e. The highest BCUT2D eigenvalue weighted by Crippen LogP contribution is 2.58. The van der Waals surface area contributed by atoms with Crippen molar-refractivity contribution in [3.63, 3.8) is 0 Å². The van der Waals surface area contributed by atoms with E-state index >= 15 is 0 Å². The number of hydrogen-bond donors (Lipinski definition) is 0. The number of rotatable bonds is 6. The molecule has 0 fully saturated rings. The molecule has 2 nitrogen and oxygen atoms in total. The lowest BCUT2D eigenvalue weighted by Gasteiger charge is -2.42. The lowest BCUT2D eigenvalue weighted by Crippen LogP contribution is -2.74. The van der Waals surface area contributed by atoms with E-state index in [-0.39, 0.29) is 11.8 Å². The van der Waals surface area contributed by atoms with Crippen LogP contribution in [0.4, 0.5) is 0 Å². The lowest BCUT2D eigenvalue weighted by molar-refractivity contribution is 0.761. The molecule has 10 aromatic carbocycles. The number of fused-ring (bicyclic) bond motifs is 6. The van der Waals surface area contributed by atoms with Gasteiger partial charge in [-0.1, -0.05) is 194 Å². The highest BCUT2D eigenvalue weighted by Gasteiger charge is 2.43. The van der Waals surface area contributed by atoms with Gasteiger partial charge in [-0.3, -0.25) is 0 Å². The van der Waals surface area contributed by atoms with Gasteiger partial charge in [-0.15, -0.1) is 0 Å². The van der Waals surface area contributed by atoms with Gasteiger partial charge in [0.2, 0.25) is 0 Å². The minimum absolute atomic E-state index is 0.184. The maximum absolute atomic E-state index is 2.79. The first-order valence-corrected chi connectivity index (χ1v) is 24.8. The predicted octanol–water partition coefficient (Wildman–Crippen LogP) is 12.2. The van der Waals surface area contributed by atoms with Crippen LogP contribution in [0.1, 0.15) is 45.2 Å². The highest BCUT2D eigenvalue weighted by molar-refractivity contribution is 7.20. The maximum Gasteiger partial charge on any atom is 0.179 e. The highest BCUT2D eigenvalue weighted by atomic mass is 28.3. The summed E-state index contributed by atoms with van der Waals surface area (Å²) in [5.41, 5.74) is 15.9. The molecule has 0 aliphatic heterocycles. The SMILES string of the molecule is c1ccc(-n2c3ccc(-n4c5ccccc5c5c6c(ccc54)C4c5ccccc5C6c5ccccc54)cc3c3ccc([Si](c4ccccc4)(c4ccccc4)c4ccccc4)cc32)cc1. The quantitative estimate of drug-likeness (QED) is 0.117. The second-order valence-electron chi connectivity index (χ2n) is 17.9. The summed E-state index contributed by atoms with van der Waals surface area (Å²) >= 11 is 0. The first kappa shape index (κ1) is 36.5. The van der Waals surface area contributed by atoms with Gasteiger partial charge < -0.3 is 9.13 Å². The van der Waals surface area contributed by atoms with Crippen molar-refractivity contribution in [1.29, 1.82) is 0 Å². The van der Waals surface area contributed by atoms with Crippen molar-refractivity contribution in [2.75, 3.05) is 0 Å². The second-order valence-corrected chi connectivity index (χ2v) is 21.7. The summed E-state index contributed by atoms with van der Waals surface area (Å²) < 4.78 is 5.02. The summed E-state index contributed by atoms with van der Waals surface area (Å²) in [7, 11) is -2.79. The Morgan fingerprint density at radius 3 is 1.38 bits per heavy atom. The Morgan fingerprint density at radius 2 is 0.769 bits per heavy atom. The van der Waals surface area contributed by atoms with E-state index in [0.717, 1.165) is 5.69 Å². The summed E-state index contributed by atoms with van der Waals surface area (Å²) in [6.07, 6.45) is 0. The standard InChI is InChI=1S/C62H42N2Si/c1-5-19-41(20-6-1)63-56-37-33-42(39-54(56)47-35-34-46(40-58(47)63)65(43-21-7-2-8-22-43,44-23-9-3-10-24-44)45-25-11-4-12-26-45)64-55-32-18-17-31-52(55)61-57(64)38-36-53-59-48-27-13-15-29-50(48)60(62(53)61)51-30-16-14-28-49(51)59/h1-40,59-60H. The molecule has 2 bridgehead atoms. The molecule has 304 valence electrons. The molecule has 2 aromatic heterocycles. The van der Waals surface area contributed by atoms with Gasteiger partial charge in [0.25, 0.3) is 0 Å². The first-order valence-electron chi connectivity index (χ1n) is 22.8. The molecule has 0 atom stereocenters. The van der Waals surface area contributed by atoms with E-state index in [2.05, 4.69) is 252 Å². The Morgan fingerprint density at radius 1 is 0.277 bits per heavy atom. The zero-order valence-electron chi connectivity index (χ0n) is 35.6. The molecule has 65 heavy (non-hydrogen) atoms. The van der Waals surface area contributed by atoms with Crippen LogP contribution in [0.5, 0.6) is 0 Å². The van der Waals surface area contributed by atoms with Crippen molar-refractivity contribution in [2.24, 2.45) is 0 Å². The van der Waals surface area contributed by atoms with Gasteiger partial charge in [0, 0.05) is 44.8 Å². The van der Waals surface area contributed by atoms with Crippen molar-refractivity contribution in [3.05, 3.63) is 276 Å². The molecule has 0 radical (unpaired) electrons. The second kappa shape index (κ2) is 14.0. The third kappa shape index (κ3) is 5.04. The van der Waals surface area contributed by atoms with E-state index in [1.165, 1.54) is 103 Å². The number of benzene rings is 10. The van der Waals surface area contributed by atoms with Gasteiger partial charge in [-0.25, -0.2) is 0 Å². The molecule has 0 amide bonds. The van der Waals surface area contributed by atoms with Crippen LogP contribution in [-0.2, 0) is 0 Å². The summed E-state index contributed by atoms with van der Waals surface area (Å²) in [5.74, 6) is 0.413. The van der Waals surface area contributed by atoms with Crippen LogP contribution in [0.25, 0.3) is 55.0 Å². The molecule has 0 spiro atoms. The normalized spacial score (nSPS) is 15.1. The van der Waals surface area contributed by atoms with Crippen molar-refractivity contribution >= 4 is 72.4 Å². The third-order valence-electron chi connectivity index (χ3n) is 14.8. The molecule has 15 rings (SSSR count). The van der Waals surface area contributed by atoms with Gasteiger partial charge in [0.15, 0.2) is 8.07 Å². The van der Waals surface area contributed by atoms with E-state index in [1.54, 1.807) is 0 Å². The smallest absolute Gasteiger partial charge is 0.179 e. The average Bonchev–Trinajstić information content (AvgIpc) is 3.90. The molecule has 3 aliphatic carbocycles. The largest absolute Gasteiger partial charge is 0.309 e. The molecule has 12 aromatic rings. The fourth-order valence-electron chi connectivity index (χ4n) is 12.3. The number of para-hydroxylation sites is 2. The summed E-state index contributed by atoms with van der Waals surface area (Å²) in [6, 6.07) is 91.5. The lowest BCUT2D eigenvalue weighted by atomic mass is 9.60. The van der Waals surface area contributed by atoms with E-state index < -0.39 is 8.07 Å². The fraction of sp³-hybridized carbons (Fsp3) is 0.0323. The zero-order valence-corrected chi connectivity index (χ0v) is 36.6. The first-order chi connectivity index (χ1) is 32.3. The maximum atomic E-state index is 2.53. The topological polar surface area (TPSA) is 9.86 Å². The van der Waals surface area contributed by atoms with Crippen molar-refractivity contribution in [1.82, 2.24) is 9.13 Å². The molecule has 2 heterocycles. The van der Waals surface area contributed by atoms with Crippen LogP contribution < -0.4 is 20.7 Å². The van der Waals surface area contributed by atoms with E-state index in [0.29, 0.717) is 0 Å². The molecule has 3 aliphatic rings. The van der Waals surface area contributed by atoms with Crippen LogP contribution in [-0.4, -0.2) is 17.2 Å². The Bertz CT molecular complexity index is 3690. The van der Waals surface area contributed by atoms with Crippen molar-refractivity contribution in [3.8, 4) is 11.4 Å². The molecule has 0 saturated heterocycles. The Kier molecular flexibility index (Phi) is 7.87.